The number of nitrogens with two attached hydrogens (primary N) is 2. The number of nitrogens with zero attached hydrogens (tertiary/aromatic N) is 4. The number of ether oxygens (including phenoxy) is 2. The quantitative estimate of drug-likeness (QED) is 0.166. The van der Waals surface area contributed by atoms with Crippen molar-refractivity contribution in [3.8, 4) is 23.1 Å². The standard InChI is InChI=1S/C32H39F6N7O2/c1-4-18(41-21-10-15(21)2)11-16(3)47-29-23-27(25(35)26(42-29)22-19(32(36,37)38)6-7-20(39)24(22)34)43-30(44-28(23)40)46-14-31-8-5-9-45(31)13-17(33)12-31/h6-7,15-18,21,41H,4-5,8-14,39H2,1-3H3,(H2,40,43,44)/t15-,16-,17+,18-,21-,31-/m0/s1. The summed E-state index contributed by atoms with van der Waals surface area (Å²) in [5, 5.41) is 3.36. The van der Waals surface area contributed by atoms with E-state index in [1.54, 1.807) is 6.92 Å². The topological polar surface area (TPSA) is 124 Å². The average Bonchev–Trinajstić information content (AvgIpc) is 3.40. The first-order chi connectivity index (χ1) is 22.2. The largest absolute Gasteiger partial charge is 0.474 e. The molecule has 0 amide bonds. The predicted octanol–water partition coefficient (Wildman–Crippen LogP) is 6.04. The van der Waals surface area contributed by atoms with Crippen molar-refractivity contribution in [2.24, 2.45) is 5.92 Å². The SMILES string of the molecule is CC[C@@H](C[C@H](C)Oc1nc(-c2c(C(F)(F)F)ccc(N)c2F)c(F)c2nc(OC[C@@]34CCCN3C[C@H](F)C4)nc(N)c12)N[C@H]1C[C@@H]1C. The Balaban J connectivity index is 1.43. The summed E-state index contributed by atoms with van der Waals surface area (Å²) in [6, 6.07) is 1.38. The van der Waals surface area contributed by atoms with Crippen LogP contribution >= 0.6 is 0 Å². The molecule has 3 fully saturated rings. The zero-order chi connectivity index (χ0) is 33.8. The van der Waals surface area contributed by atoms with Gasteiger partial charge in [-0.25, -0.2) is 18.2 Å². The highest BCUT2D eigenvalue weighted by Crippen LogP contribution is 2.44. The van der Waals surface area contributed by atoms with Crippen molar-refractivity contribution >= 4 is 22.4 Å². The molecule has 256 valence electrons. The number of nitrogen functional groups attached to an aromatic ring is 2. The number of nitrogens with one attached hydrogen (secondary N) is 1. The van der Waals surface area contributed by atoms with Crippen LogP contribution in [0, 0.1) is 17.6 Å². The van der Waals surface area contributed by atoms with Gasteiger partial charge in [-0.3, -0.25) is 4.90 Å². The van der Waals surface area contributed by atoms with E-state index >= 15 is 8.78 Å². The lowest BCUT2D eigenvalue weighted by Crippen LogP contribution is -2.43. The van der Waals surface area contributed by atoms with E-state index in [9.17, 15) is 17.6 Å². The van der Waals surface area contributed by atoms with Crippen LogP contribution in [0.5, 0.6) is 11.9 Å². The number of hydrogen-bond donors (Lipinski definition) is 3. The Labute approximate surface area is 268 Å². The number of halogens is 6. The lowest BCUT2D eigenvalue weighted by Gasteiger charge is -2.30. The maximum absolute atomic E-state index is 16.4. The highest BCUT2D eigenvalue weighted by Gasteiger charge is 2.49. The molecule has 47 heavy (non-hydrogen) atoms. The van der Waals surface area contributed by atoms with E-state index in [1.807, 2.05) is 11.8 Å². The van der Waals surface area contributed by atoms with Crippen LogP contribution in [0.2, 0.25) is 0 Å². The Bertz CT molecular complexity index is 1660. The van der Waals surface area contributed by atoms with Crippen LogP contribution in [0.25, 0.3) is 22.2 Å². The Hall–Kier alpha value is -3.59. The average molecular weight is 668 g/mol. The fourth-order valence-corrected chi connectivity index (χ4v) is 7.02. The first-order valence-corrected chi connectivity index (χ1v) is 16.0. The monoisotopic (exact) mass is 667 g/mol. The number of fused-ring (bicyclic) bond motifs is 2. The third kappa shape index (κ3) is 6.48. The third-order valence-electron chi connectivity index (χ3n) is 9.69. The number of alkyl halides is 4. The van der Waals surface area contributed by atoms with Crippen LogP contribution in [-0.2, 0) is 6.18 Å². The molecule has 1 aliphatic carbocycles. The molecule has 2 aliphatic heterocycles. The number of hydrogen-bond acceptors (Lipinski definition) is 9. The zero-order valence-corrected chi connectivity index (χ0v) is 26.4. The van der Waals surface area contributed by atoms with Gasteiger partial charge in [-0.2, -0.15) is 23.1 Å². The van der Waals surface area contributed by atoms with E-state index in [2.05, 4.69) is 27.2 Å². The molecule has 15 heteroatoms. The van der Waals surface area contributed by atoms with Gasteiger partial charge in [0, 0.05) is 25.0 Å². The molecule has 6 atom stereocenters. The summed E-state index contributed by atoms with van der Waals surface area (Å²) in [4.78, 5) is 14.5. The maximum atomic E-state index is 16.4. The molecule has 0 spiro atoms. The zero-order valence-electron chi connectivity index (χ0n) is 26.4. The van der Waals surface area contributed by atoms with Crippen molar-refractivity contribution in [3.05, 3.63) is 29.3 Å². The van der Waals surface area contributed by atoms with Crippen molar-refractivity contribution in [2.45, 2.75) is 95.4 Å². The van der Waals surface area contributed by atoms with E-state index in [0.29, 0.717) is 37.4 Å². The molecule has 1 saturated carbocycles. The number of benzene rings is 1. The normalized spacial score (nSPS) is 25.6. The summed E-state index contributed by atoms with van der Waals surface area (Å²) >= 11 is 0. The minimum Gasteiger partial charge on any atom is -0.474 e. The van der Waals surface area contributed by atoms with Gasteiger partial charge in [-0.1, -0.05) is 13.8 Å². The van der Waals surface area contributed by atoms with Gasteiger partial charge < -0.3 is 26.3 Å². The predicted molar refractivity (Wildman–Crippen MR) is 165 cm³/mol. The molecule has 0 bridgehead atoms. The maximum Gasteiger partial charge on any atom is 0.417 e. The molecule has 9 nitrogen and oxygen atoms in total. The van der Waals surface area contributed by atoms with Crippen molar-refractivity contribution in [3.63, 3.8) is 0 Å². The molecule has 3 aromatic rings. The second kappa shape index (κ2) is 12.5. The van der Waals surface area contributed by atoms with Crippen molar-refractivity contribution < 1.29 is 35.8 Å². The molecular formula is C32H39F6N7O2. The van der Waals surface area contributed by atoms with Gasteiger partial charge in [0.1, 0.15) is 35.2 Å². The Morgan fingerprint density at radius 1 is 1.15 bits per heavy atom. The second-order valence-electron chi connectivity index (χ2n) is 13.2. The Kier molecular flexibility index (Phi) is 8.83. The number of rotatable bonds is 11. The lowest BCUT2D eigenvalue weighted by atomic mass is 9.95. The van der Waals surface area contributed by atoms with Gasteiger partial charge in [0.2, 0.25) is 5.88 Å². The molecule has 6 rings (SSSR count). The van der Waals surface area contributed by atoms with Crippen molar-refractivity contribution in [1.29, 1.82) is 0 Å². The molecule has 2 saturated heterocycles. The number of pyridine rings is 1. The van der Waals surface area contributed by atoms with E-state index < -0.39 is 63.7 Å². The number of aromatic nitrogens is 3. The van der Waals surface area contributed by atoms with Crippen LogP contribution in [0.15, 0.2) is 12.1 Å². The lowest BCUT2D eigenvalue weighted by molar-refractivity contribution is -0.137. The van der Waals surface area contributed by atoms with Crippen molar-refractivity contribution in [1.82, 2.24) is 25.2 Å². The van der Waals surface area contributed by atoms with Gasteiger partial charge in [-0.15, -0.1) is 0 Å². The van der Waals surface area contributed by atoms with E-state index in [0.717, 1.165) is 25.3 Å². The summed E-state index contributed by atoms with van der Waals surface area (Å²) < 4.78 is 101. The van der Waals surface area contributed by atoms with Crippen LogP contribution < -0.4 is 26.3 Å². The fourth-order valence-electron chi connectivity index (χ4n) is 7.02. The summed E-state index contributed by atoms with van der Waals surface area (Å²) in [7, 11) is 0. The van der Waals surface area contributed by atoms with Gasteiger partial charge in [0.05, 0.1) is 28.5 Å². The number of anilines is 2. The minimum absolute atomic E-state index is 0.00853. The first-order valence-electron chi connectivity index (χ1n) is 16.0. The summed E-state index contributed by atoms with van der Waals surface area (Å²) in [5.74, 6) is -3.01. The van der Waals surface area contributed by atoms with Crippen molar-refractivity contribution in [2.75, 3.05) is 31.2 Å². The molecule has 0 radical (unpaired) electrons. The molecule has 1 aromatic carbocycles. The molecule has 2 aromatic heterocycles. The van der Waals surface area contributed by atoms with Crippen LogP contribution in [0.4, 0.5) is 37.8 Å². The molecule has 4 heterocycles. The smallest absolute Gasteiger partial charge is 0.417 e. The molecule has 0 unspecified atom stereocenters. The van der Waals surface area contributed by atoms with Crippen LogP contribution in [0.3, 0.4) is 0 Å². The summed E-state index contributed by atoms with van der Waals surface area (Å²) in [5.41, 5.74) is 6.48. The minimum atomic E-state index is -5.08. The van der Waals surface area contributed by atoms with Crippen LogP contribution in [0.1, 0.15) is 64.9 Å². The second-order valence-corrected chi connectivity index (χ2v) is 13.2. The third-order valence-corrected chi connectivity index (χ3v) is 9.69. The van der Waals surface area contributed by atoms with Gasteiger partial charge >= 0.3 is 12.2 Å². The molecule has 3 aliphatic rings. The fraction of sp³-hybridized carbons (Fsp3) is 0.594. The summed E-state index contributed by atoms with van der Waals surface area (Å²) in [6.45, 7) is 6.86. The highest BCUT2D eigenvalue weighted by molar-refractivity contribution is 5.96. The van der Waals surface area contributed by atoms with Gasteiger partial charge in [-0.05, 0) is 63.6 Å². The van der Waals surface area contributed by atoms with Crippen LogP contribution in [-0.4, -0.2) is 69.4 Å². The molecule has 5 N–H and O–H groups in total. The Morgan fingerprint density at radius 2 is 1.89 bits per heavy atom. The molecular weight excluding hydrogens is 628 g/mol. The van der Waals surface area contributed by atoms with Gasteiger partial charge in [0.15, 0.2) is 11.6 Å². The van der Waals surface area contributed by atoms with E-state index in [1.165, 1.54) is 0 Å². The van der Waals surface area contributed by atoms with E-state index in [4.69, 9.17) is 20.9 Å². The highest BCUT2D eigenvalue weighted by atomic mass is 19.4. The summed E-state index contributed by atoms with van der Waals surface area (Å²) in [6.07, 6.45) is -2.61. The van der Waals surface area contributed by atoms with E-state index in [-0.39, 0.29) is 48.7 Å². The van der Waals surface area contributed by atoms with Gasteiger partial charge in [0.25, 0.3) is 0 Å². The first kappa shape index (κ1) is 33.3. The Morgan fingerprint density at radius 3 is 2.57 bits per heavy atom.